The monoisotopic (exact) mass is 298 g/mol. The van der Waals surface area contributed by atoms with Gasteiger partial charge in [0.1, 0.15) is 5.75 Å². The van der Waals surface area contributed by atoms with Gasteiger partial charge in [-0.15, -0.1) is 0 Å². The molecule has 22 heavy (non-hydrogen) atoms. The van der Waals surface area contributed by atoms with Crippen LogP contribution >= 0.6 is 0 Å². The number of rotatable bonds is 5. The van der Waals surface area contributed by atoms with Crippen LogP contribution in [0.5, 0.6) is 5.75 Å². The first-order valence-corrected chi connectivity index (χ1v) is 7.17. The molecule has 0 spiro atoms. The van der Waals surface area contributed by atoms with Crippen LogP contribution in [0.2, 0.25) is 0 Å². The van der Waals surface area contributed by atoms with E-state index < -0.39 is 11.9 Å². The Balaban J connectivity index is 2.21. The van der Waals surface area contributed by atoms with Gasteiger partial charge in [-0.1, -0.05) is 31.2 Å². The Bertz CT molecular complexity index is 676. The average molecular weight is 298 g/mol. The predicted molar refractivity (Wildman–Crippen MR) is 83.2 cm³/mol. The fourth-order valence-corrected chi connectivity index (χ4v) is 1.95. The van der Waals surface area contributed by atoms with E-state index in [-0.39, 0.29) is 11.1 Å². The van der Waals surface area contributed by atoms with E-state index in [0.717, 1.165) is 12.0 Å². The highest BCUT2D eigenvalue weighted by Gasteiger charge is 2.19. The van der Waals surface area contributed by atoms with Crippen LogP contribution in [0.1, 0.15) is 39.6 Å². The molecule has 0 N–H and O–H groups in total. The maximum absolute atomic E-state index is 12.3. The Morgan fingerprint density at radius 2 is 1.64 bits per heavy atom. The van der Waals surface area contributed by atoms with Crippen molar-refractivity contribution in [2.75, 3.05) is 6.61 Å². The van der Waals surface area contributed by atoms with Gasteiger partial charge in [0.2, 0.25) is 0 Å². The highest BCUT2D eigenvalue weighted by molar-refractivity contribution is 6.03. The molecule has 0 aliphatic heterocycles. The third kappa shape index (κ3) is 3.95. The standard InChI is InChI=1S/C18H18O4/c1-3-11-21-17(19)15-9-4-5-10-16(15)18(20)22-14-8-6-7-13(2)12-14/h4-10,12H,3,11H2,1-2H3. The number of esters is 2. The van der Waals surface area contributed by atoms with Gasteiger partial charge in [-0.25, -0.2) is 9.59 Å². The van der Waals surface area contributed by atoms with Crippen LogP contribution in [-0.4, -0.2) is 18.5 Å². The van der Waals surface area contributed by atoms with E-state index in [2.05, 4.69) is 0 Å². The molecule has 0 aromatic heterocycles. The van der Waals surface area contributed by atoms with Gasteiger partial charge in [0.15, 0.2) is 0 Å². The zero-order valence-corrected chi connectivity index (χ0v) is 12.7. The molecule has 0 radical (unpaired) electrons. The van der Waals surface area contributed by atoms with Crippen molar-refractivity contribution in [3.63, 3.8) is 0 Å². The van der Waals surface area contributed by atoms with Crippen LogP contribution in [0, 0.1) is 6.92 Å². The van der Waals surface area contributed by atoms with Crippen LogP contribution < -0.4 is 4.74 Å². The highest BCUT2D eigenvalue weighted by atomic mass is 16.5. The second-order valence-electron chi connectivity index (χ2n) is 4.89. The lowest BCUT2D eigenvalue weighted by atomic mass is 10.1. The minimum Gasteiger partial charge on any atom is -0.462 e. The summed E-state index contributed by atoms with van der Waals surface area (Å²) < 4.78 is 10.4. The van der Waals surface area contributed by atoms with E-state index in [4.69, 9.17) is 9.47 Å². The molecule has 2 aromatic rings. The molecular weight excluding hydrogens is 280 g/mol. The third-order valence-electron chi connectivity index (χ3n) is 3.00. The van der Waals surface area contributed by atoms with Gasteiger partial charge in [-0.2, -0.15) is 0 Å². The zero-order valence-electron chi connectivity index (χ0n) is 12.7. The van der Waals surface area contributed by atoms with Crippen molar-refractivity contribution in [2.24, 2.45) is 0 Å². The average Bonchev–Trinajstić information content (AvgIpc) is 2.52. The van der Waals surface area contributed by atoms with Gasteiger partial charge in [0.25, 0.3) is 0 Å². The summed E-state index contributed by atoms with van der Waals surface area (Å²) in [6, 6.07) is 13.7. The number of benzene rings is 2. The van der Waals surface area contributed by atoms with Crippen LogP contribution in [-0.2, 0) is 4.74 Å². The van der Waals surface area contributed by atoms with E-state index in [1.54, 1.807) is 42.5 Å². The molecule has 0 saturated carbocycles. The Hall–Kier alpha value is -2.62. The normalized spacial score (nSPS) is 10.1. The van der Waals surface area contributed by atoms with E-state index >= 15 is 0 Å². The van der Waals surface area contributed by atoms with E-state index in [0.29, 0.717) is 12.4 Å². The summed E-state index contributed by atoms with van der Waals surface area (Å²) in [5.74, 6) is -0.644. The second-order valence-corrected chi connectivity index (χ2v) is 4.89. The summed E-state index contributed by atoms with van der Waals surface area (Å²) in [6.45, 7) is 4.14. The van der Waals surface area contributed by atoms with Crippen LogP contribution in [0.25, 0.3) is 0 Å². The largest absolute Gasteiger partial charge is 0.462 e. The minimum absolute atomic E-state index is 0.199. The van der Waals surface area contributed by atoms with Gasteiger partial charge in [-0.05, 0) is 43.2 Å². The van der Waals surface area contributed by atoms with Crippen molar-refractivity contribution >= 4 is 11.9 Å². The quantitative estimate of drug-likeness (QED) is 0.622. The summed E-state index contributed by atoms with van der Waals surface area (Å²) >= 11 is 0. The molecule has 2 aromatic carbocycles. The molecule has 0 amide bonds. The maximum atomic E-state index is 12.3. The lowest BCUT2D eigenvalue weighted by Gasteiger charge is -2.09. The molecule has 0 heterocycles. The fraction of sp³-hybridized carbons (Fsp3) is 0.222. The summed E-state index contributed by atoms with van der Waals surface area (Å²) in [5.41, 5.74) is 1.40. The Morgan fingerprint density at radius 1 is 0.955 bits per heavy atom. The van der Waals surface area contributed by atoms with E-state index in [1.165, 1.54) is 0 Å². The van der Waals surface area contributed by atoms with Gasteiger partial charge in [0.05, 0.1) is 17.7 Å². The first-order chi connectivity index (χ1) is 10.6. The maximum Gasteiger partial charge on any atom is 0.344 e. The SMILES string of the molecule is CCCOC(=O)c1ccccc1C(=O)Oc1cccc(C)c1. The molecular formula is C18H18O4. The van der Waals surface area contributed by atoms with Crippen molar-refractivity contribution in [1.82, 2.24) is 0 Å². The Morgan fingerprint density at radius 3 is 2.27 bits per heavy atom. The van der Waals surface area contributed by atoms with Gasteiger partial charge in [-0.3, -0.25) is 0 Å². The van der Waals surface area contributed by atoms with Crippen molar-refractivity contribution < 1.29 is 19.1 Å². The molecule has 0 unspecified atom stereocenters. The smallest absolute Gasteiger partial charge is 0.344 e. The van der Waals surface area contributed by atoms with Gasteiger partial charge in [0, 0.05) is 0 Å². The van der Waals surface area contributed by atoms with Crippen LogP contribution in [0.15, 0.2) is 48.5 Å². The first-order valence-electron chi connectivity index (χ1n) is 7.17. The van der Waals surface area contributed by atoms with Crippen LogP contribution in [0.4, 0.5) is 0 Å². The molecule has 4 heteroatoms. The highest BCUT2D eigenvalue weighted by Crippen LogP contribution is 2.17. The Kier molecular flexibility index (Phi) is 5.31. The lowest BCUT2D eigenvalue weighted by molar-refractivity contribution is 0.0496. The van der Waals surface area contributed by atoms with Crippen molar-refractivity contribution in [1.29, 1.82) is 0 Å². The summed E-state index contributed by atoms with van der Waals surface area (Å²) in [7, 11) is 0. The van der Waals surface area contributed by atoms with Crippen LogP contribution in [0.3, 0.4) is 0 Å². The summed E-state index contributed by atoms with van der Waals surface area (Å²) in [5, 5.41) is 0. The fourth-order valence-electron chi connectivity index (χ4n) is 1.95. The number of ether oxygens (including phenoxy) is 2. The molecule has 0 bridgehead atoms. The molecule has 0 atom stereocenters. The second kappa shape index (κ2) is 7.41. The minimum atomic E-state index is -0.574. The first kappa shape index (κ1) is 15.8. The van der Waals surface area contributed by atoms with E-state index in [9.17, 15) is 9.59 Å². The summed E-state index contributed by atoms with van der Waals surface area (Å²) in [4.78, 5) is 24.3. The van der Waals surface area contributed by atoms with Gasteiger partial charge >= 0.3 is 11.9 Å². The molecule has 0 aliphatic carbocycles. The number of carbonyl (C=O) groups excluding carboxylic acids is 2. The molecule has 2 rings (SSSR count). The molecule has 4 nitrogen and oxygen atoms in total. The lowest BCUT2D eigenvalue weighted by Crippen LogP contribution is -2.16. The van der Waals surface area contributed by atoms with Crippen molar-refractivity contribution in [3.05, 3.63) is 65.2 Å². The number of aryl methyl sites for hydroxylation is 1. The topological polar surface area (TPSA) is 52.6 Å². The molecule has 0 fully saturated rings. The molecule has 114 valence electrons. The van der Waals surface area contributed by atoms with Gasteiger partial charge < -0.3 is 9.47 Å². The third-order valence-corrected chi connectivity index (χ3v) is 3.00. The number of carbonyl (C=O) groups is 2. The molecule has 0 saturated heterocycles. The Labute approximate surface area is 129 Å². The van der Waals surface area contributed by atoms with E-state index in [1.807, 2.05) is 19.9 Å². The van der Waals surface area contributed by atoms with Crippen molar-refractivity contribution in [3.8, 4) is 5.75 Å². The summed E-state index contributed by atoms with van der Waals surface area (Å²) in [6.07, 6.45) is 0.724. The number of hydrogen-bond donors (Lipinski definition) is 0. The zero-order chi connectivity index (χ0) is 15.9. The van der Waals surface area contributed by atoms with Crippen molar-refractivity contribution in [2.45, 2.75) is 20.3 Å². The predicted octanol–water partition coefficient (Wildman–Crippen LogP) is 3.78. The molecule has 0 aliphatic rings. The number of hydrogen-bond acceptors (Lipinski definition) is 4.